The highest BCUT2D eigenvalue weighted by atomic mass is 16.6. The molecule has 0 N–H and O–H groups in total. The largest absolute Gasteiger partial charge is 0.449 e. The summed E-state index contributed by atoms with van der Waals surface area (Å²) < 4.78 is 15.1. The van der Waals surface area contributed by atoms with Crippen molar-refractivity contribution in [3.63, 3.8) is 0 Å². The van der Waals surface area contributed by atoms with Crippen molar-refractivity contribution >= 4 is 21.8 Å². The van der Waals surface area contributed by atoms with Gasteiger partial charge in [0.05, 0.1) is 16.9 Å². The predicted molar refractivity (Wildman–Crippen MR) is 179 cm³/mol. The van der Waals surface area contributed by atoms with E-state index in [0.717, 1.165) is 55.6 Å². The average molecular weight is 580 g/mol. The Hall–Kier alpha value is -6.20. The quantitative estimate of drug-likeness (QED) is 0.208. The number of rotatable bonds is 4. The third kappa shape index (κ3) is 4.25. The summed E-state index contributed by atoms with van der Waals surface area (Å²) in [5.74, 6) is 3.49. The lowest BCUT2D eigenvalue weighted by Crippen LogP contribution is -2.02. The molecule has 0 spiro atoms. The van der Waals surface area contributed by atoms with Gasteiger partial charge in [-0.1, -0.05) is 91.0 Å². The normalized spacial score (nSPS) is 11.9. The molecule has 0 unspecified atom stereocenters. The Morgan fingerprint density at radius 3 is 1.73 bits per heavy atom. The number of hydrogen-bond donors (Lipinski definition) is 0. The van der Waals surface area contributed by atoms with Crippen molar-refractivity contribution in [2.45, 2.75) is 0 Å². The van der Waals surface area contributed by atoms with Crippen molar-refractivity contribution in [1.82, 2.24) is 14.5 Å². The molecule has 9 rings (SSSR count). The first-order valence-corrected chi connectivity index (χ1v) is 14.9. The lowest BCUT2D eigenvalue weighted by atomic mass is 10.1. The maximum Gasteiger partial charge on any atom is 0.194 e. The Labute approximate surface area is 259 Å². The summed E-state index contributed by atoms with van der Waals surface area (Å²) in [7, 11) is 0. The molecule has 212 valence electrons. The van der Waals surface area contributed by atoms with Crippen LogP contribution < -0.4 is 9.47 Å². The van der Waals surface area contributed by atoms with Crippen LogP contribution in [0.2, 0.25) is 0 Å². The summed E-state index contributed by atoms with van der Waals surface area (Å²) in [6.45, 7) is 0. The molecule has 2 aromatic heterocycles. The predicted octanol–water partition coefficient (Wildman–Crippen LogP) is 10.5. The van der Waals surface area contributed by atoms with Gasteiger partial charge >= 0.3 is 0 Å². The van der Waals surface area contributed by atoms with Crippen LogP contribution >= 0.6 is 0 Å². The van der Waals surface area contributed by atoms with E-state index in [4.69, 9.17) is 19.4 Å². The van der Waals surface area contributed by atoms with Crippen LogP contribution in [0, 0.1) is 0 Å². The molecular weight excluding hydrogens is 554 g/mol. The van der Waals surface area contributed by atoms with Crippen molar-refractivity contribution in [2.24, 2.45) is 0 Å². The van der Waals surface area contributed by atoms with Crippen LogP contribution in [0.3, 0.4) is 0 Å². The van der Waals surface area contributed by atoms with Gasteiger partial charge in [-0.25, -0.2) is 9.97 Å². The van der Waals surface area contributed by atoms with Gasteiger partial charge in [0.25, 0.3) is 0 Å². The fourth-order valence-corrected chi connectivity index (χ4v) is 6.15. The monoisotopic (exact) mass is 579 g/mol. The van der Waals surface area contributed by atoms with Gasteiger partial charge in [-0.15, -0.1) is 0 Å². The minimum Gasteiger partial charge on any atom is -0.449 e. The van der Waals surface area contributed by atoms with Crippen LogP contribution in [0.5, 0.6) is 23.0 Å². The topological polar surface area (TPSA) is 49.2 Å². The highest BCUT2D eigenvalue weighted by Gasteiger charge is 2.25. The van der Waals surface area contributed by atoms with E-state index in [-0.39, 0.29) is 0 Å². The van der Waals surface area contributed by atoms with Crippen molar-refractivity contribution in [3.8, 4) is 62.6 Å². The van der Waals surface area contributed by atoms with E-state index in [2.05, 4.69) is 89.5 Å². The maximum atomic E-state index is 6.52. The second-order valence-electron chi connectivity index (χ2n) is 11.0. The van der Waals surface area contributed by atoms with Crippen LogP contribution in [-0.4, -0.2) is 14.5 Å². The van der Waals surface area contributed by atoms with Crippen LogP contribution in [-0.2, 0) is 0 Å². The molecule has 0 bridgehead atoms. The first-order chi connectivity index (χ1) is 22.3. The van der Waals surface area contributed by atoms with Crippen molar-refractivity contribution in [1.29, 1.82) is 0 Å². The summed E-state index contributed by atoms with van der Waals surface area (Å²) in [6, 6.07) is 51.3. The molecule has 5 heteroatoms. The smallest absolute Gasteiger partial charge is 0.194 e. The summed E-state index contributed by atoms with van der Waals surface area (Å²) in [5.41, 5.74) is 7.86. The van der Waals surface area contributed by atoms with Crippen LogP contribution in [0.4, 0.5) is 0 Å². The molecule has 0 saturated heterocycles. The van der Waals surface area contributed by atoms with Crippen molar-refractivity contribution < 1.29 is 9.47 Å². The lowest BCUT2D eigenvalue weighted by Gasteiger charge is -2.22. The van der Waals surface area contributed by atoms with E-state index in [1.165, 1.54) is 0 Å². The second kappa shape index (κ2) is 10.2. The molecule has 0 aliphatic carbocycles. The fourth-order valence-electron chi connectivity index (χ4n) is 6.15. The number of benzene rings is 6. The molecule has 3 heterocycles. The van der Waals surface area contributed by atoms with Gasteiger partial charge in [0.15, 0.2) is 28.8 Å². The minimum atomic E-state index is 0.676. The summed E-state index contributed by atoms with van der Waals surface area (Å²) in [6.07, 6.45) is 0. The Balaban J connectivity index is 1.20. The molecule has 0 fully saturated rings. The second-order valence-corrected chi connectivity index (χ2v) is 11.0. The van der Waals surface area contributed by atoms with E-state index in [1.807, 2.05) is 66.7 Å². The Kier molecular flexibility index (Phi) is 5.74. The lowest BCUT2D eigenvalue weighted by molar-refractivity contribution is 0.362. The standard InChI is InChI=1S/C40H25N3O2/c1-3-11-26(12-4-1)32-25-33(27-13-5-2-6-14-27)42-40(41-32)28-19-21-29(22-20-28)43-34-16-8-7-15-30(34)31-23-24-37-39(38(31)43)45-36-18-10-9-17-35(36)44-37/h1-25H. The van der Waals surface area contributed by atoms with Gasteiger partial charge in [0.2, 0.25) is 0 Å². The van der Waals surface area contributed by atoms with Crippen LogP contribution in [0.15, 0.2) is 152 Å². The summed E-state index contributed by atoms with van der Waals surface area (Å²) in [4.78, 5) is 10.0. The fraction of sp³-hybridized carbons (Fsp3) is 0. The molecule has 6 aromatic carbocycles. The van der Waals surface area contributed by atoms with Crippen LogP contribution in [0.1, 0.15) is 0 Å². The SMILES string of the molecule is c1ccc(-c2cc(-c3ccccc3)nc(-c3ccc(-n4c5ccccc5c5ccc6c(c54)Oc4ccccc4O6)cc3)n2)cc1. The zero-order chi connectivity index (χ0) is 29.7. The molecule has 45 heavy (non-hydrogen) atoms. The number of nitrogens with zero attached hydrogens (tertiary/aromatic N) is 3. The first-order valence-electron chi connectivity index (χ1n) is 14.9. The third-order valence-corrected chi connectivity index (χ3v) is 8.28. The third-order valence-electron chi connectivity index (χ3n) is 8.28. The number of aromatic nitrogens is 3. The van der Waals surface area contributed by atoms with Gasteiger partial charge in [-0.3, -0.25) is 0 Å². The molecule has 0 atom stereocenters. The molecule has 1 aliphatic rings. The van der Waals surface area contributed by atoms with Gasteiger partial charge in [-0.05, 0) is 60.7 Å². The zero-order valence-electron chi connectivity index (χ0n) is 24.1. The summed E-state index contributed by atoms with van der Waals surface area (Å²) in [5, 5.41) is 2.25. The van der Waals surface area contributed by atoms with Crippen molar-refractivity contribution in [3.05, 3.63) is 152 Å². The average Bonchev–Trinajstić information content (AvgIpc) is 3.46. The van der Waals surface area contributed by atoms with E-state index in [9.17, 15) is 0 Å². The van der Waals surface area contributed by atoms with Gasteiger partial charge in [0, 0.05) is 33.2 Å². The van der Waals surface area contributed by atoms with Gasteiger partial charge in [-0.2, -0.15) is 0 Å². The number of para-hydroxylation sites is 3. The Morgan fingerprint density at radius 2 is 1.04 bits per heavy atom. The molecule has 1 aliphatic heterocycles. The molecule has 0 saturated carbocycles. The van der Waals surface area contributed by atoms with E-state index in [0.29, 0.717) is 28.8 Å². The number of fused-ring (bicyclic) bond motifs is 6. The molecule has 5 nitrogen and oxygen atoms in total. The number of ether oxygens (including phenoxy) is 2. The first kappa shape index (κ1) is 25.3. The summed E-state index contributed by atoms with van der Waals surface area (Å²) >= 11 is 0. The maximum absolute atomic E-state index is 6.52. The molecule has 0 radical (unpaired) electrons. The van der Waals surface area contributed by atoms with E-state index in [1.54, 1.807) is 0 Å². The Bertz CT molecular complexity index is 2310. The van der Waals surface area contributed by atoms with E-state index < -0.39 is 0 Å². The Morgan fingerprint density at radius 1 is 0.444 bits per heavy atom. The minimum absolute atomic E-state index is 0.676. The molecule has 8 aromatic rings. The van der Waals surface area contributed by atoms with Crippen molar-refractivity contribution in [2.75, 3.05) is 0 Å². The molecule has 0 amide bonds. The van der Waals surface area contributed by atoms with Gasteiger partial charge < -0.3 is 14.0 Å². The van der Waals surface area contributed by atoms with Crippen LogP contribution in [0.25, 0.3) is 61.4 Å². The van der Waals surface area contributed by atoms with Gasteiger partial charge in [0.1, 0.15) is 5.52 Å². The zero-order valence-corrected chi connectivity index (χ0v) is 24.1. The highest BCUT2D eigenvalue weighted by Crippen LogP contribution is 2.50. The van der Waals surface area contributed by atoms with E-state index >= 15 is 0 Å². The molecular formula is C40H25N3O2. The highest BCUT2D eigenvalue weighted by molar-refractivity contribution is 6.12. The number of hydrogen-bond acceptors (Lipinski definition) is 4.